The number of aromatic carboxylic acids is 1. The van der Waals surface area contributed by atoms with Gasteiger partial charge in [0.2, 0.25) is 0 Å². The van der Waals surface area contributed by atoms with Crippen molar-refractivity contribution in [2.24, 2.45) is 5.92 Å². The van der Waals surface area contributed by atoms with Crippen LogP contribution in [0.25, 0.3) is 0 Å². The fourth-order valence-corrected chi connectivity index (χ4v) is 2.33. The highest BCUT2D eigenvalue weighted by atomic mass is 32.1. The Hall–Kier alpha value is -0.910. The molecule has 0 aliphatic rings. The second kappa shape index (κ2) is 6.74. The predicted octanol–water partition coefficient (Wildman–Crippen LogP) is 2.21. The van der Waals surface area contributed by atoms with Crippen LogP contribution in [-0.2, 0) is 11.3 Å². The van der Waals surface area contributed by atoms with Crippen molar-refractivity contribution in [3.8, 4) is 0 Å². The summed E-state index contributed by atoms with van der Waals surface area (Å²) in [4.78, 5) is 11.4. The first-order chi connectivity index (χ1) is 8.06. The van der Waals surface area contributed by atoms with Gasteiger partial charge in [-0.1, -0.05) is 13.8 Å². The van der Waals surface area contributed by atoms with E-state index in [1.807, 2.05) is 6.07 Å². The monoisotopic (exact) mass is 257 g/mol. The van der Waals surface area contributed by atoms with Crippen molar-refractivity contribution < 1.29 is 14.6 Å². The summed E-state index contributed by atoms with van der Waals surface area (Å²) in [5, 5.41) is 14.1. The van der Waals surface area contributed by atoms with E-state index in [0.29, 0.717) is 23.9 Å². The van der Waals surface area contributed by atoms with Crippen LogP contribution in [0.3, 0.4) is 0 Å². The number of rotatable bonds is 7. The maximum absolute atomic E-state index is 10.9. The number of carboxylic acids is 1. The molecular weight excluding hydrogens is 238 g/mol. The SMILES string of the molecule is COCC(NCc1ccsc1C(=O)O)C(C)C. The Morgan fingerprint density at radius 2 is 2.29 bits per heavy atom. The molecule has 1 rings (SSSR count). The number of thiophene rings is 1. The third-order valence-corrected chi connectivity index (χ3v) is 3.59. The van der Waals surface area contributed by atoms with Gasteiger partial charge >= 0.3 is 5.97 Å². The van der Waals surface area contributed by atoms with Crippen LogP contribution in [0, 0.1) is 5.92 Å². The molecule has 4 nitrogen and oxygen atoms in total. The molecule has 0 radical (unpaired) electrons. The molecule has 0 aliphatic heterocycles. The number of hydrogen-bond donors (Lipinski definition) is 2. The second-order valence-corrected chi connectivity index (χ2v) is 5.18. The van der Waals surface area contributed by atoms with Gasteiger partial charge in [0.1, 0.15) is 4.88 Å². The summed E-state index contributed by atoms with van der Waals surface area (Å²) in [5.74, 6) is -0.411. The molecule has 5 heteroatoms. The van der Waals surface area contributed by atoms with Gasteiger partial charge in [0.25, 0.3) is 0 Å². The number of nitrogens with one attached hydrogen (secondary N) is 1. The normalized spacial score (nSPS) is 12.9. The van der Waals surface area contributed by atoms with Crippen LogP contribution in [0.1, 0.15) is 29.1 Å². The molecule has 0 aliphatic carbocycles. The minimum absolute atomic E-state index is 0.238. The smallest absolute Gasteiger partial charge is 0.346 e. The van der Waals surface area contributed by atoms with E-state index < -0.39 is 5.97 Å². The molecule has 0 spiro atoms. The van der Waals surface area contributed by atoms with Gasteiger partial charge in [-0.3, -0.25) is 0 Å². The standard InChI is InChI=1S/C12H19NO3S/c1-8(2)10(7-16-3)13-6-9-4-5-17-11(9)12(14)15/h4-5,8,10,13H,6-7H2,1-3H3,(H,14,15). The third kappa shape index (κ3) is 4.11. The summed E-state index contributed by atoms with van der Waals surface area (Å²) in [6, 6.07) is 2.09. The first kappa shape index (κ1) is 14.2. The first-order valence-electron chi connectivity index (χ1n) is 5.58. The van der Waals surface area contributed by atoms with E-state index in [4.69, 9.17) is 9.84 Å². The molecule has 0 saturated heterocycles. The molecular formula is C12H19NO3S. The Kier molecular flexibility index (Phi) is 5.61. The Morgan fingerprint density at radius 3 is 2.82 bits per heavy atom. The van der Waals surface area contributed by atoms with Gasteiger partial charge in [-0.25, -0.2) is 4.79 Å². The van der Waals surface area contributed by atoms with Crippen LogP contribution in [0.4, 0.5) is 0 Å². The molecule has 1 unspecified atom stereocenters. The van der Waals surface area contributed by atoms with Crippen LogP contribution in [-0.4, -0.2) is 30.8 Å². The van der Waals surface area contributed by atoms with Crippen molar-refractivity contribution in [3.63, 3.8) is 0 Å². The van der Waals surface area contributed by atoms with E-state index in [-0.39, 0.29) is 6.04 Å². The van der Waals surface area contributed by atoms with Crippen molar-refractivity contribution in [1.82, 2.24) is 5.32 Å². The summed E-state index contributed by atoms with van der Waals surface area (Å²) in [7, 11) is 1.67. The zero-order chi connectivity index (χ0) is 12.8. The summed E-state index contributed by atoms with van der Waals surface area (Å²) < 4.78 is 5.14. The van der Waals surface area contributed by atoms with Gasteiger partial charge in [0.05, 0.1) is 6.61 Å². The van der Waals surface area contributed by atoms with E-state index in [2.05, 4.69) is 19.2 Å². The Bertz CT molecular complexity index is 362. The van der Waals surface area contributed by atoms with Crippen LogP contribution in [0.15, 0.2) is 11.4 Å². The lowest BCUT2D eigenvalue weighted by atomic mass is 10.1. The van der Waals surface area contributed by atoms with Gasteiger partial charge in [-0.2, -0.15) is 0 Å². The molecule has 0 bridgehead atoms. The topological polar surface area (TPSA) is 58.6 Å². The Morgan fingerprint density at radius 1 is 1.59 bits per heavy atom. The van der Waals surface area contributed by atoms with Crippen LogP contribution in [0.5, 0.6) is 0 Å². The van der Waals surface area contributed by atoms with Gasteiger partial charge in [0, 0.05) is 19.7 Å². The van der Waals surface area contributed by atoms with E-state index in [1.54, 1.807) is 12.5 Å². The molecule has 0 aromatic carbocycles. The molecule has 1 atom stereocenters. The molecule has 1 heterocycles. The molecule has 0 amide bonds. The molecule has 17 heavy (non-hydrogen) atoms. The van der Waals surface area contributed by atoms with Crippen molar-refractivity contribution in [2.75, 3.05) is 13.7 Å². The van der Waals surface area contributed by atoms with E-state index in [1.165, 1.54) is 11.3 Å². The van der Waals surface area contributed by atoms with E-state index in [9.17, 15) is 4.79 Å². The number of ether oxygens (including phenoxy) is 1. The minimum Gasteiger partial charge on any atom is -0.477 e. The Balaban J connectivity index is 2.59. The molecule has 96 valence electrons. The third-order valence-electron chi connectivity index (χ3n) is 2.65. The molecule has 0 fully saturated rings. The maximum atomic E-state index is 10.9. The summed E-state index contributed by atoms with van der Waals surface area (Å²) in [6.07, 6.45) is 0. The molecule has 1 aromatic heterocycles. The summed E-state index contributed by atoms with van der Waals surface area (Å²) in [5.41, 5.74) is 0.837. The molecule has 0 saturated carbocycles. The van der Waals surface area contributed by atoms with Crippen LogP contribution in [0.2, 0.25) is 0 Å². The zero-order valence-electron chi connectivity index (χ0n) is 10.4. The second-order valence-electron chi connectivity index (χ2n) is 4.27. The maximum Gasteiger partial charge on any atom is 0.346 e. The zero-order valence-corrected chi connectivity index (χ0v) is 11.2. The summed E-state index contributed by atoms with van der Waals surface area (Å²) >= 11 is 1.26. The lowest BCUT2D eigenvalue weighted by Crippen LogP contribution is -2.37. The first-order valence-corrected chi connectivity index (χ1v) is 6.46. The number of hydrogen-bond acceptors (Lipinski definition) is 4. The molecule has 2 N–H and O–H groups in total. The van der Waals surface area contributed by atoms with E-state index >= 15 is 0 Å². The fourth-order valence-electron chi connectivity index (χ4n) is 1.57. The van der Waals surface area contributed by atoms with Crippen molar-refractivity contribution in [2.45, 2.75) is 26.4 Å². The molecule has 1 aromatic rings. The minimum atomic E-state index is -0.857. The fraction of sp³-hybridized carbons (Fsp3) is 0.583. The average Bonchev–Trinajstić information content (AvgIpc) is 2.71. The lowest BCUT2D eigenvalue weighted by molar-refractivity contribution is 0.0700. The predicted molar refractivity (Wildman–Crippen MR) is 68.6 cm³/mol. The van der Waals surface area contributed by atoms with Crippen LogP contribution < -0.4 is 5.32 Å². The highest BCUT2D eigenvalue weighted by Gasteiger charge is 2.15. The highest BCUT2D eigenvalue weighted by Crippen LogP contribution is 2.17. The lowest BCUT2D eigenvalue weighted by Gasteiger charge is -2.21. The van der Waals surface area contributed by atoms with Crippen molar-refractivity contribution in [1.29, 1.82) is 0 Å². The van der Waals surface area contributed by atoms with Crippen molar-refractivity contribution >= 4 is 17.3 Å². The van der Waals surface area contributed by atoms with Gasteiger partial charge in [0.15, 0.2) is 0 Å². The van der Waals surface area contributed by atoms with Crippen LogP contribution >= 0.6 is 11.3 Å². The highest BCUT2D eigenvalue weighted by molar-refractivity contribution is 7.12. The van der Waals surface area contributed by atoms with Gasteiger partial charge in [-0.15, -0.1) is 11.3 Å². The summed E-state index contributed by atoms with van der Waals surface area (Å²) in [6.45, 7) is 5.42. The number of carboxylic acid groups (broad SMARTS) is 1. The quantitative estimate of drug-likeness (QED) is 0.786. The number of methoxy groups -OCH3 is 1. The van der Waals surface area contributed by atoms with Gasteiger partial charge < -0.3 is 15.2 Å². The number of carbonyl (C=O) groups is 1. The average molecular weight is 257 g/mol. The van der Waals surface area contributed by atoms with E-state index in [0.717, 1.165) is 5.56 Å². The van der Waals surface area contributed by atoms with Crippen molar-refractivity contribution in [3.05, 3.63) is 21.9 Å². The largest absolute Gasteiger partial charge is 0.477 e. The Labute approximate surface area is 106 Å². The van der Waals surface area contributed by atoms with Gasteiger partial charge in [-0.05, 0) is 22.9 Å².